The van der Waals surface area contributed by atoms with Crippen LogP contribution in [0.25, 0.3) is 0 Å². The van der Waals surface area contributed by atoms with Gasteiger partial charge in [-0.25, -0.2) is 0 Å². The Morgan fingerprint density at radius 2 is 2.10 bits per heavy atom. The molecule has 0 amide bonds. The molecule has 0 spiro atoms. The lowest BCUT2D eigenvalue weighted by Gasteiger charge is -1.86. The largest absolute Gasteiger partial charge is 0.399 e. The van der Waals surface area contributed by atoms with Gasteiger partial charge in [0, 0.05) is 5.70 Å². The van der Waals surface area contributed by atoms with Crippen molar-refractivity contribution in [3.63, 3.8) is 0 Å². The van der Waals surface area contributed by atoms with Crippen LogP contribution in [0.1, 0.15) is 13.8 Å². The molecule has 0 rings (SSSR count). The smallest absolute Gasteiger partial charge is 0.0270 e. The predicted octanol–water partition coefficient (Wildman–Crippen LogP) is 2.24. The molecule has 0 radical (unpaired) electrons. The molecule has 0 unspecified atom stereocenters. The highest BCUT2D eigenvalue weighted by molar-refractivity contribution is 7.84. The summed E-state index contributed by atoms with van der Waals surface area (Å²) in [7, 11) is 0. The summed E-state index contributed by atoms with van der Waals surface area (Å²) in [5.74, 6) is 0. The third-order valence-electron chi connectivity index (χ3n) is 0.959. The number of hydrogen-bond donors (Lipinski definition) is 2. The van der Waals surface area contributed by atoms with Crippen LogP contribution in [0.4, 0.5) is 0 Å². The Bertz CT molecular complexity index is 174. The zero-order valence-corrected chi connectivity index (χ0v) is 7.23. The predicted molar refractivity (Wildman–Crippen MR) is 49.8 cm³/mol. The second-order valence-electron chi connectivity index (χ2n) is 1.96. The van der Waals surface area contributed by atoms with Crippen molar-refractivity contribution < 1.29 is 0 Å². The number of rotatable bonds is 2. The van der Waals surface area contributed by atoms with Crippen LogP contribution in [0, 0.1) is 0 Å². The van der Waals surface area contributed by atoms with Gasteiger partial charge in [-0.05, 0) is 24.8 Å². The molecular weight excluding hydrogens is 142 g/mol. The van der Waals surface area contributed by atoms with Gasteiger partial charge < -0.3 is 5.73 Å². The number of allylic oxidation sites excluding steroid dienone is 5. The maximum Gasteiger partial charge on any atom is 0.0270 e. The molecule has 0 aromatic rings. The Morgan fingerprint density at radius 3 is 2.50 bits per heavy atom. The molecular formula is C8H13NS. The molecule has 0 bridgehead atoms. The molecule has 0 atom stereocenters. The average molecular weight is 155 g/mol. The van der Waals surface area contributed by atoms with Crippen LogP contribution in [-0.4, -0.2) is 0 Å². The quantitative estimate of drug-likeness (QED) is 0.464. The zero-order valence-electron chi connectivity index (χ0n) is 6.33. The van der Waals surface area contributed by atoms with Crippen molar-refractivity contribution in [3.8, 4) is 0 Å². The zero-order chi connectivity index (χ0) is 7.98. The van der Waals surface area contributed by atoms with E-state index < -0.39 is 0 Å². The van der Waals surface area contributed by atoms with E-state index in [9.17, 15) is 0 Å². The minimum Gasteiger partial charge on any atom is -0.399 e. The summed E-state index contributed by atoms with van der Waals surface area (Å²) >= 11 is 4.08. The highest BCUT2D eigenvalue weighted by atomic mass is 32.1. The molecule has 2 heteroatoms. The summed E-state index contributed by atoms with van der Waals surface area (Å²) < 4.78 is 0. The first-order valence-corrected chi connectivity index (χ1v) is 3.57. The second-order valence-corrected chi connectivity index (χ2v) is 2.66. The van der Waals surface area contributed by atoms with E-state index in [1.807, 2.05) is 38.2 Å². The van der Waals surface area contributed by atoms with Crippen LogP contribution in [0.5, 0.6) is 0 Å². The highest BCUT2D eigenvalue weighted by Crippen LogP contribution is 1.97. The van der Waals surface area contributed by atoms with Crippen LogP contribution < -0.4 is 5.73 Å². The van der Waals surface area contributed by atoms with Gasteiger partial charge in [0.15, 0.2) is 0 Å². The molecule has 0 saturated carbocycles. The molecule has 1 nitrogen and oxygen atoms in total. The van der Waals surface area contributed by atoms with Gasteiger partial charge in [0.2, 0.25) is 0 Å². The average Bonchev–Trinajstić information content (AvgIpc) is 1.87. The molecule has 10 heavy (non-hydrogen) atoms. The third-order valence-corrected chi connectivity index (χ3v) is 1.11. The number of hydrogen-bond acceptors (Lipinski definition) is 2. The van der Waals surface area contributed by atoms with Gasteiger partial charge in [-0.1, -0.05) is 18.2 Å². The molecule has 56 valence electrons. The van der Waals surface area contributed by atoms with Crippen LogP contribution in [0.2, 0.25) is 0 Å². The summed E-state index contributed by atoms with van der Waals surface area (Å²) in [6.07, 6.45) is 7.44. The third kappa shape index (κ3) is 5.51. The summed E-state index contributed by atoms with van der Waals surface area (Å²) in [5.41, 5.74) is 6.25. The van der Waals surface area contributed by atoms with Gasteiger partial charge in [-0.2, -0.15) is 0 Å². The normalized spacial score (nSPS) is 14.7. The Morgan fingerprint density at radius 1 is 1.50 bits per heavy atom. The first-order valence-electron chi connectivity index (χ1n) is 3.12. The van der Waals surface area contributed by atoms with E-state index in [0.29, 0.717) is 0 Å². The van der Waals surface area contributed by atoms with Crippen molar-refractivity contribution in [2.75, 3.05) is 0 Å². The molecule has 0 aliphatic heterocycles. The Kier molecular flexibility index (Phi) is 4.85. The van der Waals surface area contributed by atoms with Crippen molar-refractivity contribution in [3.05, 3.63) is 34.9 Å². The van der Waals surface area contributed by atoms with Crippen molar-refractivity contribution in [2.24, 2.45) is 5.73 Å². The second kappa shape index (κ2) is 5.18. The molecule has 0 aliphatic carbocycles. The van der Waals surface area contributed by atoms with E-state index in [2.05, 4.69) is 12.6 Å². The molecule has 0 saturated heterocycles. The van der Waals surface area contributed by atoms with Crippen LogP contribution in [0.15, 0.2) is 34.9 Å². The molecule has 0 aromatic carbocycles. The number of thiol groups is 1. The van der Waals surface area contributed by atoms with E-state index in [1.54, 1.807) is 0 Å². The highest BCUT2D eigenvalue weighted by Gasteiger charge is 1.75. The van der Waals surface area contributed by atoms with E-state index >= 15 is 0 Å². The van der Waals surface area contributed by atoms with Crippen LogP contribution in [-0.2, 0) is 0 Å². The number of nitrogens with two attached hydrogens (primary N) is 1. The minimum atomic E-state index is 0.769. The summed E-state index contributed by atoms with van der Waals surface area (Å²) in [6.45, 7) is 3.82. The van der Waals surface area contributed by atoms with Gasteiger partial charge in [0.05, 0.1) is 0 Å². The Balaban J connectivity index is 3.90. The van der Waals surface area contributed by atoms with E-state index in [0.717, 1.165) is 10.6 Å². The lowest BCUT2D eigenvalue weighted by Crippen LogP contribution is -1.89. The minimum absolute atomic E-state index is 0.769. The fourth-order valence-electron chi connectivity index (χ4n) is 0.395. The maximum absolute atomic E-state index is 5.48. The summed E-state index contributed by atoms with van der Waals surface area (Å²) in [4.78, 5) is 0.972. The monoisotopic (exact) mass is 155 g/mol. The van der Waals surface area contributed by atoms with Gasteiger partial charge in [0.25, 0.3) is 0 Å². The molecule has 0 aliphatic rings. The van der Waals surface area contributed by atoms with Gasteiger partial charge >= 0.3 is 0 Å². The first kappa shape index (κ1) is 9.37. The van der Waals surface area contributed by atoms with Crippen molar-refractivity contribution >= 4 is 12.6 Å². The molecule has 2 N–H and O–H groups in total. The van der Waals surface area contributed by atoms with Gasteiger partial charge in [0.1, 0.15) is 0 Å². The van der Waals surface area contributed by atoms with E-state index in [4.69, 9.17) is 5.73 Å². The lowest BCUT2D eigenvalue weighted by molar-refractivity contribution is 1.39. The first-order chi connectivity index (χ1) is 4.66. The van der Waals surface area contributed by atoms with Gasteiger partial charge in [-0.15, -0.1) is 12.6 Å². The van der Waals surface area contributed by atoms with Crippen LogP contribution in [0.3, 0.4) is 0 Å². The van der Waals surface area contributed by atoms with Crippen molar-refractivity contribution in [1.29, 1.82) is 0 Å². The molecule has 0 heterocycles. The topological polar surface area (TPSA) is 26.0 Å². The standard InChI is InChI=1S/C8H13NS/c1-3-8(9)6-4-5-7(2)10/h3-6,10H,9H2,1-2H3/b6-4-,7-5+,8-3+. The van der Waals surface area contributed by atoms with Crippen LogP contribution >= 0.6 is 12.6 Å². The SMILES string of the molecule is C\C=C(N)/C=C\C=C(/C)S. The lowest BCUT2D eigenvalue weighted by atomic mass is 10.3. The molecule has 0 aromatic heterocycles. The summed E-state index contributed by atoms with van der Waals surface area (Å²) in [5, 5.41) is 0. The fraction of sp³-hybridized carbons (Fsp3) is 0.250. The van der Waals surface area contributed by atoms with Crippen molar-refractivity contribution in [1.82, 2.24) is 0 Å². The van der Waals surface area contributed by atoms with Crippen molar-refractivity contribution in [2.45, 2.75) is 13.8 Å². The maximum atomic E-state index is 5.48. The fourth-order valence-corrected chi connectivity index (χ4v) is 0.481. The summed E-state index contributed by atoms with van der Waals surface area (Å²) in [6, 6.07) is 0. The molecule has 0 fully saturated rings. The Labute approximate surface area is 67.7 Å². The van der Waals surface area contributed by atoms with E-state index in [1.165, 1.54) is 0 Å². The van der Waals surface area contributed by atoms with Gasteiger partial charge in [-0.3, -0.25) is 0 Å². The Hall–Kier alpha value is -0.630. The van der Waals surface area contributed by atoms with E-state index in [-0.39, 0.29) is 0 Å².